The van der Waals surface area contributed by atoms with Crippen molar-refractivity contribution in [3.8, 4) is 0 Å². The van der Waals surface area contributed by atoms with Gasteiger partial charge in [-0.1, -0.05) is 19.8 Å². The third-order valence-corrected chi connectivity index (χ3v) is 4.78. The van der Waals surface area contributed by atoms with Crippen LogP contribution in [0.3, 0.4) is 0 Å². The van der Waals surface area contributed by atoms with Crippen molar-refractivity contribution in [2.24, 2.45) is 5.73 Å². The molecule has 1 rings (SSSR count). The van der Waals surface area contributed by atoms with Gasteiger partial charge in [-0.25, -0.2) is 12.7 Å². The highest BCUT2D eigenvalue weighted by atomic mass is 32.2. The standard InChI is InChI=1S/C12H25N3O3S/c1-3-4-5-11(13)12(16)14-10-6-8-15(9-7-10)19(2,17)18/h10-11H,3-9,13H2,1-2H3,(H,14,16)/t11-/m0/s1. The molecule has 112 valence electrons. The summed E-state index contributed by atoms with van der Waals surface area (Å²) in [6.45, 7) is 2.99. The molecule has 0 unspecified atom stereocenters. The van der Waals surface area contributed by atoms with Crippen molar-refractivity contribution in [2.75, 3.05) is 19.3 Å². The van der Waals surface area contributed by atoms with Gasteiger partial charge in [0.25, 0.3) is 0 Å². The Morgan fingerprint density at radius 3 is 2.47 bits per heavy atom. The number of hydrogen-bond acceptors (Lipinski definition) is 4. The second kappa shape index (κ2) is 7.21. The Hall–Kier alpha value is -0.660. The summed E-state index contributed by atoms with van der Waals surface area (Å²) in [5, 5.41) is 2.91. The molecule has 0 saturated carbocycles. The highest BCUT2D eigenvalue weighted by molar-refractivity contribution is 7.88. The Bertz CT molecular complexity index is 389. The van der Waals surface area contributed by atoms with E-state index < -0.39 is 16.1 Å². The number of sulfonamides is 1. The van der Waals surface area contributed by atoms with Crippen LogP contribution >= 0.6 is 0 Å². The summed E-state index contributed by atoms with van der Waals surface area (Å²) in [4.78, 5) is 11.8. The van der Waals surface area contributed by atoms with Gasteiger partial charge in [0.15, 0.2) is 0 Å². The summed E-state index contributed by atoms with van der Waals surface area (Å²) in [6, 6.07) is -0.411. The summed E-state index contributed by atoms with van der Waals surface area (Å²) >= 11 is 0. The summed E-state index contributed by atoms with van der Waals surface area (Å²) in [7, 11) is -3.11. The minimum atomic E-state index is -3.11. The van der Waals surface area contributed by atoms with Crippen molar-refractivity contribution < 1.29 is 13.2 Å². The zero-order chi connectivity index (χ0) is 14.5. The molecule has 0 aromatic carbocycles. The highest BCUT2D eigenvalue weighted by Gasteiger charge is 2.26. The van der Waals surface area contributed by atoms with E-state index in [1.54, 1.807) is 0 Å². The molecule has 0 aromatic heterocycles. The van der Waals surface area contributed by atoms with Crippen LogP contribution in [-0.2, 0) is 14.8 Å². The molecule has 19 heavy (non-hydrogen) atoms. The molecule has 0 radical (unpaired) electrons. The normalized spacial score (nSPS) is 20.2. The van der Waals surface area contributed by atoms with E-state index in [4.69, 9.17) is 5.73 Å². The largest absolute Gasteiger partial charge is 0.352 e. The Morgan fingerprint density at radius 2 is 2.00 bits per heavy atom. The van der Waals surface area contributed by atoms with Gasteiger partial charge in [0.05, 0.1) is 12.3 Å². The lowest BCUT2D eigenvalue weighted by Crippen LogP contribution is -2.50. The molecule has 1 aliphatic rings. The first-order chi connectivity index (χ1) is 8.84. The minimum absolute atomic E-state index is 0.0400. The number of piperidine rings is 1. The number of amides is 1. The monoisotopic (exact) mass is 291 g/mol. The van der Waals surface area contributed by atoms with E-state index in [0.717, 1.165) is 12.8 Å². The molecule has 1 atom stereocenters. The predicted octanol–water partition coefficient (Wildman–Crippen LogP) is 0.0441. The maximum Gasteiger partial charge on any atom is 0.237 e. The van der Waals surface area contributed by atoms with E-state index in [9.17, 15) is 13.2 Å². The van der Waals surface area contributed by atoms with Crippen molar-refractivity contribution in [3.05, 3.63) is 0 Å². The van der Waals surface area contributed by atoms with Crippen molar-refractivity contribution in [2.45, 2.75) is 51.1 Å². The molecule has 0 aromatic rings. The summed E-state index contributed by atoms with van der Waals surface area (Å²) in [6.07, 6.45) is 5.19. The molecule has 1 amide bonds. The van der Waals surface area contributed by atoms with Crippen LogP contribution in [0.1, 0.15) is 39.0 Å². The third kappa shape index (κ3) is 5.46. The van der Waals surface area contributed by atoms with E-state index in [1.165, 1.54) is 10.6 Å². The number of carbonyl (C=O) groups excluding carboxylic acids is 1. The number of nitrogens with one attached hydrogen (secondary N) is 1. The maximum absolute atomic E-state index is 11.8. The number of rotatable bonds is 6. The van der Waals surface area contributed by atoms with Gasteiger partial charge in [-0.3, -0.25) is 4.79 Å². The number of carbonyl (C=O) groups is 1. The molecule has 1 fully saturated rings. The topological polar surface area (TPSA) is 92.5 Å². The average Bonchev–Trinajstić information content (AvgIpc) is 2.35. The smallest absolute Gasteiger partial charge is 0.237 e. The van der Waals surface area contributed by atoms with Gasteiger partial charge in [0.1, 0.15) is 0 Å². The van der Waals surface area contributed by atoms with Crippen molar-refractivity contribution in [1.29, 1.82) is 0 Å². The average molecular weight is 291 g/mol. The van der Waals surface area contributed by atoms with Crippen molar-refractivity contribution >= 4 is 15.9 Å². The summed E-state index contributed by atoms with van der Waals surface area (Å²) in [5.74, 6) is -0.119. The molecule has 6 nitrogen and oxygen atoms in total. The molecule has 1 aliphatic heterocycles. The van der Waals surface area contributed by atoms with Gasteiger partial charge in [-0.15, -0.1) is 0 Å². The second-order valence-electron chi connectivity index (χ2n) is 5.19. The highest BCUT2D eigenvalue weighted by Crippen LogP contribution is 2.13. The summed E-state index contributed by atoms with van der Waals surface area (Å²) < 4.78 is 24.2. The van der Waals surface area contributed by atoms with Gasteiger partial charge in [0, 0.05) is 19.1 Å². The maximum atomic E-state index is 11.8. The third-order valence-electron chi connectivity index (χ3n) is 3.47. The zero-order valence-corrected chi connectivity index (χ0v) is 12.6. The lowest BCUT2D eigenvalue weighted by Gasteiger charge is -2.31. The number of hydrogen-bond donors (Lipinski definition) is 2. The minimum Gasteiger partial charge on any atom is -0.352 e. The van der Waals surface area contributed by atoms with Crippen LogP contribution in [0.4, 0.5) is 0 Å². The molecule has 0 bridgehead atoms. The van der Waals surface area contributed by atoms with Gasteiger partial charge < -0.3 is 11.1 Å². The number of unbranched alkanes of at least 4 members (excludes halogenated alkanes) is 1. The molecule has 1 saturated heterocycles. The van der Waals surface area contributed by atoms with Crippen LogP contribution in [0.25, 0.3) is 0 Å². The fraction of sp³-hybridized carbons (Fsp3) is 0.917. The number of nitrogens with zero attached hydrogens (tertiary/aromatic N) is 1. The molecular formula is C12H25N3O3S. The van der Waals surface area contributed by atoms with Crippen molar-refractivity contribution in [1.82, 2.24) is 9.62 Å². The van der Waals surface area contributed by atoms with Crippen LogP contribution in [0.15, 0.2) is 0 Å². The second-order valence-corrected chi connectivity index (χ2v) is 7.18. The Balaban J connectivity index is 2.35. The lowest BCUT2D eigenvalue weighted by molar-refractivity contribution is -0.123. The van der Waals surface area contributed by atoms with Gasteiger partial charge in [-0.2, -0.15) is 0 Å². The van der Waals surface area contributed by atoms with E-state index in [2.05, 4.69) is 12.2 Å². The van der Waals surface area contributed by atoms with Crippen molar-refractivity contribution in [3.63, 3.8) is 0 Å². The van der Waals surface area contributed by atoms with Crippen LogP contribution in [0.5, 0.6) is 0 Å². The first-order valence-electron chi connectivity index (χ1n) is 6.85. The Morgan fingerprint density at radius 1 is 1.42 bits per heavy atom. The zero-order valence-electron chi connectivity index (χ0n) is 11.8. The van der Waals surface area contributed by atoms with Crippen LogP contribution in [-0.4, -0.2) is 50.1 Å². The fourth-order valence-electron chi connectivity index (χ4n) is 2.20. The molecule has 7 heteroatoms. The molecule has 1 heterocycles. The van der Waals surface area contributed by atoms with E-state index >= 15 is 0 Å². The van der Waals surface area contributed by atoms with Gasteiger partial charge >= 0.3 is 0 Å². The molecular weight excluding hydrogens is 266 g/mol. The van der Waals surface area contributed by atoms with E-state index in [-0.39, 0.29) is 11.9 Å². The van der Waals surface area contributed by atoms with Gasteiger partial charge in [0.2, 0.25) is 15.9 Å². The molecule has 0 aliphatic carbocycles. The first-order valence-corrected chi connectivity index (χ1v) is 8.70. The SMILES string of the molecule is CCCC[C@H](N)C(=O)NC1CCN(S(C)(=O)=O)CC1. The molecule has 3 N–H and O–H groups in total. The van der Waals surface area contributed by atoms with E-state index in [0.29, 0.717) is 32.4 Å². The fourth-order valence-corrected chi connectivity index (χ4v) is 3.07. The Kier molecular flexibility index (Phi) is 6.22. The first kappa shape index (κ1) is 16.4. The quantitative estimate of drug-likeness (QED) is 0.723. The Labute approximate surface area is 115 Å². The number of nitrogens with two attached hydrogens (primary N) is 1. The van der Waals surface area contributed by atoms with E-state index in [1.807, 2.05) is 0 Å². The lowest BCUT2D eigenvalue weighted by atomic mass is 10.1. The molecule has 0 spiro atoms. The van der Waals surface area contributed by atoms with Crippen LogP contribution in [0.2, 0.25) is 0 Å². The predicted molar refractivity (Wildman–Crippen MR) is 75.1 cm³/mol. The summed E-state index contributed by atoms with van der Waals surface area (Å²) in [5.41, 5.74) is 5.80. The van der Waals surface area contributed by atoms with Gasteiger partial charge in [-0.05, 0) is 19.3 Å². The van der Waals surface area contributed by atoms with Crippen LogP contribution < -0.4 is 11.1 Å². The van der Waals surface area contributed by atoms with Crippen LogP contribution in [0, 0.1) is 0 Å².